The first-order valence-corrected chi connectivity index (χ1v) is 7.34. The molecule has 7 heteroatoms. The van der Waals surface area contributed by atoms with Crippen molar-refractivity contribution in [3.8, 4) is 0 Å². The van der Waals surface area contributed by atoms with Crippen molar-refractivity contribution in [1.82, 2.24) is 0 Å². The second-order valence-electron chi connectivity index (χ2n) is 3.68. The SMILES string of the molecule is CC(CN)S(=O)(=O)Cc1c(F)ccc(Br)c1F. The molecule has 2 N–H and O–H groups in total. The Morgan fingerprint density at radius 3 is 2.53 bits per heavy atom. The molecule has 0 amide bonds. The van der Waals surface area contributed by atoms with Crippen molar-refractivity contribution in [1.29, 1.82) is 0 Å². The Hall–Kier alpha value is -0.530. The molecule has 0 saturated heterocycles. The minimum Gasteiger partial charge on any atom is -0.329 e. The van der Waals surface area contributed by atoms with E-state index >= 15 is 0 Å². The smallest absolute Gasteiger partial charge is 0.158 e. The molecule has 0 radical (unpaired) electrons. The van der Waals surface area contributed by atoms with Crippen LogP contribution < -0.4 is 5.73 Å². The largest absolute Gasteiger partial charge is 0.329 e. The molecule has 17 heavy (non-hydrogen) atoms. The van der Waals surface area contributed by atoms with Gasteiger partial charge in [0.1, 0.15) is 11.6 Å². The van der Waals surface area contributed by atoms with Gasteiger partial charge in [0.25, 0.3) is 0 Å². The van der Waals surface area contributed by atoms with Crippen LogP contribution in [0.2, 0.25) is 0 Å². The minimum atomic E-state index is -3.65. The van der Waals surface area contributed by atoms with Crippen molar-refractivity contribution in [3.05, 3.63) is 33.8 Å². The van der Waals surface area contributed by atoms with E-state index in [4.69, 9.17) is 5.73 Å². The summed E-state index contributed by atoms with van der Waals surface area (Å²) >= 11 is 2.88. The highest BCUT2D eigenvalue weighted by Gasteiger charge is 2.24. The molecule has 1 aromatic rings. The Bertz CT molecular complexity index is 519. The van der Waals surface area contributed by atoms with Crippen molar-refractivity contribution < 1.29 is 17.2 Å². The van der Waals surface area contributed by atoms with Gasteiger partial charge in [-0.05, 0) is 35.0 Å². The fourth-order valence-electron chi connectivity index (χ4n) is 1.19. The molecule has 3 nitrogen and oxygen atoms in total. The molecule has 0 aliphatic heterocycles. The van der Waals surface area contributed by atoms with Crippen LogP contribution in [0.5, 0.6) is 0 Å². The van der Waals surface area contributed by atoms with Gasteiger partial charge in [0.2, 0.25) is 0 Å². The van der Waals surface area contributed by atoms with E-state index in [0.717, 1.165) is 6.07 Å². The fourth-order valence-corrected chi connectivity index (χ4v) is 2.81. The van der Waals surface area contributed by atoms with Crippen LogP contribution in [0.3, 0.4) is 0 Å². The molecular formula is C10H12BrF2NO2S. The summed E-state index contributed by atoms with van der Waals surface area (Å²) in [7, 11) is -3.65. The van der Waals surface area contributed by atoms with Crippen LogP contribution in [0, 0.1) is 11.6 Å². The van der Waals surface area contributed by atoms with E-state index in [9.17, 15) is 17.2 Å². The van der Waals surface area contributed by atoms with E-state index < -0.39 is 38.0 Å². The van der Waals surface area contributed by atoms with Gasteiger partial charge in [0.05, 0.1) is 15.5 Å². The Morgan fingerprint density at radius 2 is 2.00 bits per heavy atom. The summed E-state index contributed by atoms with van der Waals surface area (Å²) in [4.78, 5) is 0. The monoisotopic (exact) mass is 327 g/mol. The average Bonchev–Trinajstić information content (AvgIpc) is 2.28. The molecule has 1 rings (SSSR count). The van der Waals surface area contributed by atoms with Crippen LogP contribution >= 0.6 is 15.9 Å². The second kappa shape index (κ2) is 5.41. The summed E-state index contributed by atoms with van der Waals surface area (Å²) < 4.78 is 50.4. The Labute approximate surface area is 107 Å². The van der Waals surface area contributed by atoms with Crippen molar-refractivity contribution in [2.75, 3.05) is 6.54 Å². The lowest BCUT2D eigenvalue weighted by Crippen LogP contribution is -2.28. The van der Waals surface area contributed by atoms with E-state index in [1.807, 2.05) is 0 Å². The topological polar surface area (TPSA) is 60.2 Å². The van der Waals surface area contributed by atoms with E-state index in [1.165, 1.54) is 13.0 Å². The quantitative estimate of drug-likeness (QED) is 0.860. The molecule has 96 valence electrons. The van der Waals surface area contributed by atoms with Gasteiger partial charge >= 0.3 is 0 Å². The van der Waals surface area contributed by atoms with Crippen LogP contribution in [0.4, 0.5) is 8.78 Å². The predicted octanol–water partition coefficient (Wildman–Crippen LogP) is 1.99. The third kappa shape index (κ3) is 3.23. The minimum absolute atomic E-state index is 0.0319. The highest BCUT2D eigenvalue weighted by Crippen LogP contribution is 2.24. The average molecular weight is 328 g/mol. The van der Waals surface area contributed by atoms with Gasteiger partial charge in [0.15, 0.2) is 9.84 Å². The summed E-state index contributed by atoms with van der Waals surface area (Å²) in [6.07, 6.45) is 0. The van der Waals surface area contributed by atoms with Crippen LogP contribution in [-0.2, 0) is 15.6 Å². The summed E-state index contributed by atoms with van der Waals surface area (Å²) in [5.41, 5.74) is 4.78. The van der Waals surface area contributed by atoms with Gasteiger partial charge in [-0.2, -0.15) is 0 Å². The first-order valence-electron chi connectivity index (χ1n) is 4.83. The van der Waals surface area contributed by atoms with Crippen molar-refractivity contribution >= 4 is 25.8 Å². The maximum Gasteiger partial charge on any atom is 0.158 e. The molecule has 0 saturated carbocycles. The number of benzene rings is 1. The zero-order valence-corrected chi connectivity index (χ0v) is 11.5. The summed E-state index contributed by atoms with van der Waals surface area (Å²) in [6.45, 7) is 1.32. The number of hydrogen-bond acceptors (Lipinski definition) is 3. The van der Waals surface area contributed by atoms with E-state index in [2.05, 4.69) is 15.9 Å². The van der Waals surface area contributed by atoms with Crippen molar-refractivity contribution in [3.63, 3.8) is 0 Å². The van der Waals surface area contributed by atoms with Gasteiger partial charge in [-0.3, -0.25) is 0 Å². The lowest BCUT2D eigenvalue weighted by Gasteiger charge is -2.12. The zero-order chi connectivity index (χ0) is 13.2. The highest BCUT2D eigenvalue weighted by molar-refractivity contribution is 9.10. The van der Waals surface area contributed by atoms with Gasteiger partial charge in [-0.25, -0.2) is 17.2 Å². The molecule has 0 aliphatic carbocycles. The highest BCUT2D eigenvalue weighted by atomic mass is 79.9. The zero-order valence-electron chi connectivity index (χ0n) is 9.08. The Balaban J connectivity index is 3.16. The number of rotatable bonds is 4. The summed E-state index contributed by atoms with van der Waals surface area (Å²) in [5.74, 6) is -2.46. The molecule has 0 aromatic heterocycles. The summed E-state index contributed by atoms with van der Waals surface area (Å²) in [6, 6.07) is 2.21. The Morgan fingerprint density at radius 1 is 1.41 bits per heavy atom. The van der Waals surface area contributed by atoms with Crippen LogP contribution in [-0.4, -0.2) is 20.2 Å². The van der Waals surface area contributed by atoms with Gasteiger partial charge in [-0.15, -0.1) is 0 Å². The van der Waals surface area contributed by atoms with E-state index in [1.54, 1.807) is 0 Å². The van der Waals surface area contributed by atoms with Crippen LogP contribution in [0.25, 0.3) is 0 Å². The molecule has 0 spiro atoms. The molecule has 1 unspecified atom stereocenters. The lowest BCUT2D eigenvalue weighted by atomic mass is 10.2. The third-order valence-corrected chi connectivity index (χ3v) is 5.15. The maximum atomic E-state index is 13.6. The lowest BCUT2D eigenvalue weighted by molar-refractivity contribution is 0.549. The fraction of sp³-hybridized carbons (Fsp3) is 0.400. The van der Waals surface area contributed by atoms with Crippen LogP contribution in [0.1, 0.15) is 12.5 Å². The normalized spacial score (nSPS) is 13.7. The van der Waals surface area contributed by atoms with E-state index in [0.29, 0.717) is 0 Å². The maximum absolute atomic E-state index is 13.6. The molecule has 0 bridgehead atoms. The first-order chi connectivity index (χ1) is 7.79. The van der Waals surface area contributed by atoms with Crippen molar-refractivity contribution in [2.24, 2.45) is 5.73 Å². The molecule has 1 aromatic carbocycles. The number of nitrogens with two attached hydrogens (primary N) is 1. The van der Waals surface area contributed by atoms with Gasteiger partial charge < -0.3 is 5.73 Å². The predicted molar refractivity (Wildman–Crippen MR) is 65.2 cm³/mol. The third-order valence-electron chi connectivity index (χ3n) is 2.43. The van der Waals surface area contributed by atoms with Crippen LogP contribution in [0.15, 0.2) is 16.6 Å². The molecular weight excluding hydrogens is 316 g/mol. The number of sulfone groups is 1. The molecule has 0 heterocycles. The summed E-state index contributed by atoms with van der Waals surface area (Å²) in [5, 5.41) is -0.833. The van der Waals surface area contributed by atoms with Gasteiger partial charge in [0, 0.05) is 12.1 Å². The van der Waals surface area contributed by atoms with E-state index in [-0.39, 0.29) is 11.0 Å². The molecule has 0 aliphatic rings. The van der Waals surface area contributed by atoms with Gasteiger partial charge in [-0.1, -0.05) is 0 Å². The number of halogens is 3. The first kappa shape index (κ1) is 14.5. The Kier molecular flexibility index (Phi) is 4.62. The number of hydrogen-bond donors (Lipinski definition) is 1. The molecule has 1 atom stereocenters. The van der Waals surface area contributed by atoms with Crippen molar-refractivity contribution in [2.45, 2.75) is 17.9 Å². The standard InChI is InChI=1S/C10H12BrF2NO2S/c1-6(4-14)17(15,16)5-7-9(12)3-2-8(11)10(7)13/h2-3,6H,4-5,14H2,1H3. The molecule has 0 fully saturated rings. The second-order valence-corrected chi connectivity index (χ2v) is 6.95.